The SMILES string of the molecule is CC12C=CC=C1C1CC=C3CC(=O)CCC3(C)[C@H]1CC2. The topological polar surface area (TPSA) is 17.1 Å². The van der Waals surface area contributed by atoms with Gasteiger partial charge in [-0.3, -0.25) is 4.79 Å². The molecule has 1 heteroatoms. The van der Waals surface area contributed by atoms with Crippen LogP contribution in [0.1, 0.15) is 52.4 Å². The molecule has 0 spiro atoms. The van der Waals surface area contributed by atoms with Gasteiger partial charge in [0, 0.05) is 18.3 Å². The van der Waals surface area contributed by atoms with Crippen molar-refractivity contribution in [3.05, 3.63) is 35.5 Å². The highest BCUT2D eigenvalue weighted by atomic mass is 16.1. The first kappa shape index (κ1) is 12.6. The van der Waals surface area contributed by atoms with Crippen LogP contribution in [0.3, 0.4) is 0 Å². The number of allylic oxidation sites excluding steroid dienone is 6. The molecule has 20 heavy (non-hydrogen) atoms. The van der Waals surface area contributed by atoms with Gasteiger partial charge in [-0.2, -0.15) is 0 Å². The molecule has 106 valence electrons. The minimum absolute atomic E-state index is 0.293. The number of ketones is 1. The maximum absolute atomic E-state index is 11.8. The van der Waals surface area contributed by atoms with E-state index in [4.69, 9.17) is 0 Å². The average Bonchev–Trinajstić information content (AvgIpc) is 2.81. The predicted octanol–water partition coefficient (Wildman–Crippen LogP) is 4.60. The van der Waals surface area contributed by atoms with Gasteiger partial charge in [-0.25, -0.2) is 0 Å². The van der Waals surface area contributed by atoms with Crippen molar-refractivity contribution >= 4 is 5.78 Å². The van der Waals surface area contributed by atoms with E-state index in [1.54, 1.807) is 5.57 Å². The van der Waals surface area contributed by atoms with Crippen molar-refractivity contribution in [1.29, 1.82) is 0 Å². The van der Waals surface area contributed by atoms with E-state index < -0.39 is 0 Å². The van der Waals surface area contributed by atoms with Gasteiger partial charge in [0.25, 0.3) is 0 Å². The van der Waals surface area contributed by atoms with Gasteiger partial charge < -0.3 is 0 Å². The Hall–Kier alpha value is -1.11. The monoisotopic (exact) mass is 268 g/mol. The molecule has 1 nitrogen and oxygen atoms in total. The summed E-state index contributed by atoms with van der Waals surface area (Å²) in [6.45, 7) is 4.85. The minimum atomic E-state index is 0.293. The van der Waals surface area contributed by atoms with Crippen LogP contribution < -0.4 is 0 Å². The van der Waals surface area contributed by atoms with E-state index in [0.29, 0.717) is 22.5 Å². The van der Waals surface area contributed by atoms with Crippen LogP contribution in [0.25, 0.3) is 0 Å². The molecule has 3 unspecified atom stereocenters. The van der Waals surface area contributed by atoms with Gasteiger partial charge in [-0.15, -0.1) is 0 Å². The summed E-state index contributed by atoms with van der Waals surface area (Å²) in [5.74, 6) is 1.93. The van der Waals surface area contributed by atoms with E-state index in [-0.39, 0.29) is 0 Å². The van der Waals surface area contributed by atoms with Crippen molar-refractivity contribution < 1.29 is 4.79 Å². The number of fused-ring (bicyclic) bond motifs is 5. The molecule has 0 N–H and O–H groups in total. The quantitative estimate of drug-likeness (QED) is 0.587. The second-order valence-corrected chi connectivity index (χ2v) is 7.75. The molecule has 4 aliphatic carbocycles. The average molecular weight is 268 g/mol. The fourth-order valence-electron chi connectivity index (χ4n) is 5.41. The van der Waals surface area contributed by atoms with Crippen LogP contribution in [-0.2, 0) is 4.79 Å². The molecule has 0 amide bonds. The highest BCUT2D eigenvalue weighted by Gasteiger charge is 2.52. The largest absolute Gasteiger partial charge is 0.299 e. The van der Waals surface area contributed by atoms with E-state index >= 15 is 0 Å². The molecular weight excluding hydrogens is 244 g/mol. The highest BCUT2D eigenvalue weighted by Crippen LogP contribution is 2.61. The first-order chi connectivity index (χ1) is 9.53. The molecule has 0 saturated heterocycles. The third-order valence-corrected chi connectivity index (χ3v) is 6.74. The number of carbonyl (C=O) groups excluding carboxylic acids is 1. The van der Waals surface area contributed by atoms with E-state index in [1.165, 1.54) is 18.4 Å². The molecule has 4 aliphatic rings. The Morgan fingerprint density at radius 2 is 2.10 bits per heavy atom. The summed E-state index contributed by atoms with van der Waals surface area (Å²) in [5.41, 5.74) is 3.75. The fraction of sp³-hybridized carbons (Fsp3) is 0.632. The normalized spacial score (nSPS) is 46.2. The van der Waals surface area contributed by atoms with Gasteiger partial charge in [0.2, 0.25) is 0 Å². The Morgan fingerprint density at radius 1 is 1.25 bits per heavy atom. The van der Waals surface area contributed by atoms with Crippen LogP contribution in [0.5, 0.6) is 0 Å². The van der Waals surface area contributed by atoms with Crippen LogP contribution >= 0.6 is 0 Å². The van der Waals surface area contributed by atoms with Crippen LogP contribution in [0, 0.1) is 22.7 Å². The van der Waals surface area contributed by atoms with E-state index in [0.717, 1.165) is 31.6 Å². The Kier molecular flexibility index (Phi) is 2.50. The first-order valence-electron chi connectivity index (χ1n) is 8.14. The van der Waals surface area contributed by atoms with Crippen LogP contribution in [0.2, 0.25) is 0 Å². The van der Waals surface area contributed by atoms with E-state index in [1.807, 2.05) is 0 Å². The summed E-state index contributed by atoms with van der Waals surface area (Å²) in [6, 6.07) is 0. The molecule has 4 atom stereocenters. The third-order valence-electron chi connectivity index (χ3n) is 6.74. The number of Topliss-reactive ketones (excluding diaryl/α,β-unsaturated/α-hetero) is 1. The zero-order chi connectivity index (χ0) is 14.0. The number of hydrogen-bond acceptors (Lipinski definition) is 1. The predicted molar refractivity (Wildman–Crippen MR) is 81.2 cm³/mol. The van der Waals surface area contributed by atoms with Gasteiger partial charge in [0.05, 0.1) is 0 Å². The molecule has 0 aromatic carbocycles. The van der Waals surface area contributed by atoms with Crippen molar-refractivity contribution in [2.24, 2.45) is 22.7 Å². The smallest absolute Gasteiger partial charge is 0.136 e. The van der Waals surface area contributed by atoms with Gasteiger partial charge in [0.1, 0.15) is 5.78 Å². The third kappa shape index (κ3) is 1.52. The molecule has 2 saturated carbocycles. The Morgan fingerprint density at radius 3 is 2.95 bits per heavy atom. The molecule has 0 radical (unpaired) electrons. The van der Waals surface area contributed by atoms with Gasteiger partial charge >= 0.3 is 0 Å². The lowest BCUT2D eigenvalue weighted by Crippen LogP contribution is -2.46. The molecule has 0 aromatic heterocycles. The summed E-state index contributed by atoms with van der Waals surface area (Å²) < 4.78 is 0. The van der Waals surface area contributed by atoms with Crippen LogP contribution in [0.15, 0.2) is 35.5 Å². The zero-order valence-corrected chi connectivity index (χ0v) is 12.6. The zero-order valence-electron chi connectivity index (χ0n) is 12.6. The highest BCUT2D eigenvalue weighted by molar-refractivity contribution is 5.82. The maximum atomic E-state index is 11.8. The Bertz CT molecular complexity index is 564. The maximum Gasteiger partial charge on any atom is 0.136 e. The number of hydrogen-bond donors (Lipinski definition) is 0. The Balaban J connectivity index is 1.74. The van der Waals surface area contributed by atoms with Crippen molar-refractivity contribution in [2.45, 2.75) is 52.4 Å². The summed E-state index contributed by atoms with van der Waals surface area (Å²) in [6.07, 6.45) is 15.9. The second kappa shape index (κ2) is 3.96. The lowest BCUT2D eigenvalue weighted by Gasteiger charge is -2.54. The van der Waals surface area contributed by atoms with Crippen molar-refractivity contribution in [2.75, 3.05) is 0 Å². The van der Waals surface area contributed by atoms with Crippen molar-refractivity contribution in [3.63, 3.8) is 0 Å². The molecule has 0 heterocycles. The van der Waals surface area contributed by atoms with Crippen molar-refractivity contribution in [1.82, 2.24) is 0 Å². The van der Waals surface area contributed by atoms with Crippen molar-refractivity contribution in [3.8, 4) is 0 Å². The molecular formula is C19H24O. The molecule has 0 aliphatic heterocycles. The lowest BCUT2D eigenvalue weighted by molar-refractivity contribution is -0.121. The molecule has 4 rings (SSSR count). The van der Waals surface area contributed by atoms with E-state index in [2.05, 4.69) is 38.2 Å². The summed E-state index contributed by atoms with van der Waals surface area (Å²) in [4.78, 5) is 11.8. The summed E-state index contributed by atoms with van der Waals surface area (Å²) in [5, 5.41) is 0. The molecule has 0 bridgehead atoms. The number of carbonyl (C=O) groups is 1. The Labute approximate surface area is 121 Å². The molecule has 2 fully saturated rings. The van der Waals surface area contributed by atoms with Crippen LogP contribution in [-0.4, -0.2) is 5.78 Å². The van der Waals surface area contributed by atoms with E-state index in [9.17, 15) is 4.79 Å². The summed E-state index contributed by atoms with van der Waals surface area (Å²) in [7, 11) is 0. The number of rotatable bonds is 0. The molecule has 0 aromatic rings. The lowest BCUT2D eigenvalue weighted by atomic mass is 9.50. The first-order valence-corrected chi connectivity index (χ1v) is 8.14. The minimum Gasteiger partial charge on any atom is -0.299 e. The fourth-order valence-corrected chi connectivity index (χ4v) is 5.41. The summed E-state index contributed by atoms with van der Waals surface area (Å²) >= 11 is 0. The van der Waals surface area contributed by atoms with Gasteiger partial charge in [-0.1, -0.05) is 49.3 Å². The van der Waals surface area contributed by atoms with Gasteiger partial charge in [-0.05, 0) is 42.9 Å². The van der Waals surface area contributed by atoms with Gasteiger partial charge in [0.15, 0.2) is 0 Å². The van der Waals surface area contributed by atoms with Crippen LogP contribution in [0.4, 0.5) is 0 Å². The second-order valence-electron chi connectivity index (χ2n) is 7.75. The standard InChI is InChI=1S/C19H24O/c1-18-9-3-4-16(18)15-6-5-13-12-14(20)7-11-19(13,2)17(15)8-10-18/h3-5,9,15,17H,6-8,10-12H2,1-2H3/t15?,17-,18?,19?/m0/s1.